The summed E-state index contributed by atoms with van der Waals surface area (Å²) >= 11 is 0. The van der Waals surface area contributed by atoms with Crippen LogP contribution in [0.25, 0.3) is 0 Å². The molecule has 0 aromatic heterocycles. The molecule has 0 aliphatic rings. The molecule has 2 atom stereocenters. The third-order valence-corrected chi connectivity index (χ3v) is 5.37. The minimum absolute atomic E-state index is 0.172. The second-order valence-corrected chi connectivity index (χ2v) is 9.97. The van der Waals surface area contributed by atoms with Crippen LogP contribution in [0, 0.1) is 6.92 Å². The molecule has 5 N–H and O–H groups in total. The molecular weight excluding hydrogens is 476 g/mol. The summed E-state index contributed by atoms with van der Waals surface area (Å²) in [4.78, 5) is 53.1. The highest BCUT2D eigenvalue weighted by Crippen LogP contribution is 2.32. The summed E-state index contributed by atoms with van der Waals surface area (Å²) in [6, 6.07) is 10.00. The Labute approximate surface area is 217 Å². The smallest absolute Gasteiger partial charge is 0.408 e. The molecular formula is C27H36N4O6. The Morgan fingerprint density at radius 2 is 1.62 bits per heavy atom. The van der Waals surface area contributed by atoms with Gasteiger partial charge in [0.1, 0.15) is 23.4 Å². The van der Waals surface area contributed by atoms with Gasteiger partial charge in [-0.1, -0.05) is 36.4 Å². The van der Waals surface area contributed by atoms with Crippen LogP contribution < -0.4 is 16.4 Å². The molecule has 2 unspecified atom stereocenters. The number of benzene rings is 2. The molecule has 2 aromatic carbocycles. The lowest BCUT2D eigenvalue weighted by atomic mass is 9.99. The molecule has 10 heteroatoms. The SMILES string of the molecule is Cc1ccccc1NC(=O)C(c1ccccc1O)N(C(=O)C(CC(N)=O)NC(=O)OC(C)(C)C)C(C)C. The Balaban J connectivity index is 2.55. The quantitative estimate of drug-likeness (QED) is 0.404. The van der Waals surface area contributed by atoms with E-state index >= 15 is 0 Å². The zero-order chi connectivity index (χ0) is 27.9. The Bertz CT molecular complexity index is 1140. The van der Waals surface area contributed by atoms with Gasteiger partial charge in [-0.2, -0.15) is 0 Å². The average molecular weight is 513 g/mol. The van der Waals surface area contributed by atoms with E-state index in [1.54, 1.807) is 58.9 Å². The lowest BCUT2D eigenvalue weighted by Crippen LogP contribution is -2.55. The fourth-order valence-electron chi connectivity index (χ4n) is 3.76. The number of aryl methyl sites for hydroxylation is 1. The molecule has 0 spiro atoms. The Morgan fingerprint density at radius 3 is 2.16 bits per heavy atom. The Hall–Kier alpha value is -4.08. The molecule has 0 saturated carbocycles. The van der Waals surface area contributed by atoms with Crippen LogP contribution in [0.15, 0.2) is 48.5 Å². The number of phenols is 1. The van der Waals surface area contributed by atoms with Crippen LogP contribution in [0.4, 0.5) is 10.5 Å². The van der Waals surface area contributed by atoms with Crippen LogP contribution in [-0.4, -0.2) is 51.5 Å². The summed E-state index contributed by atoms with van der Waals surface area (Å²) in [5.41, 5.74) is 6.03. The largest absolute Gasteiger partial charge is 0.508 e. The maximum Gasteiger partial charge on any atom is 0.408 e. The highest BCUT2D eigenvalue weighted by molar-refractivity contribution is 6.00. The first kappa shape index (κ1) is 29.2. The number of nitrogens with one attached hydrogen (secondary N) is 2. The lowest BCUT2D eigenvalue weighted by molar-refractivity contribution is -0.144. The summed E-state index contributed by atoms with van der Waals surface area (Å²) in [5.74, 6) is -2.36. The van der Waals surface area contributed by atoms with Crippen LogP contribution in [0.3, 0.4) is 0 Å². The molecule has 0 aliphatic heterocycles. The van der Waals surface area contributed by atoms with Gasteiger partial charge >= 0.3 is 6.09 Å². The van der Waals surface area contributed by atoms with Gasteiger partial charge in [-0.05, 0) is 59.2 Å². The molecule has 2 aromatic rings. The number of aromatic hydroxyl groups is 1. The Morgan fingerprint density at radius 1 is 1.03 bits per heavy atom. The van der Waals surface area contributed by atoms with Crippen molar-refractivity contribution in [2.24, 2.45) is 5.73 Å². The molecule has 0 fully saturated rings. The number of rotatable bonds is 9. The molecule has 0 bridgehead atoms. The number of para-hydroxylation sites is 2. The van der Waals surface area contributed by atoms with Gasteiger partial charge in [0.15, 0.2) is 0 Å². The van der Waals surface area contributed by atoms with Gasteiger partial charge in [0.05, 0.1) is 6.42 Å². The summed E-state index contributed by atoms with van der Waals surface area (Å²) < 4.78 is 5.25. The third kappa shape index (κ3) is 8.23. The number of amides is 4. The number of hydrogen-bond donors (Lipinski definition) is 4. The van der Waals surface area contributed by atoms with E-state index in [4.69, 9.17) is 10.5 Å². The number of hydrogen-bond acceptors (Lipinski definition) is 6. The van der Waals surface area contributed by atoms with Gasteiger partial charge in [0.25, 0.3) is 5.91 Å². The second kappa shape index (κ2) is 12.2. The summed E-state index contributed by atoms with van der Waals surface area (Å²) in [7, 11) is 0. The number of phenolic OH excluding ortho intramolecular Hbond substituents is 1. The van der Waals surface area contributed by atoms with Gasteiger partial charge in [-0.3, -0.25) is 14.4 Å². The van der Waals surface area contributed by atoms with Crippen molar-refractivity contribution >= 4 is 29.5 Å². The van der Waals surface area contributed by atoms with E-state index in [9.17, 15) is 24.3 Å². The average Bonchev–Trinajstić information content (AvgIpc) is 2.77. The number of carbonyl (C=O) groups is 4. The fourth-order valence-corrected chi connectivity index (χ4v) is 3.76. The monoisotopic (exact) mass is 512 g/mol. The molecule has 0 saturated heterocycles. The number of carbonyl (C=O) groups excluding carboxylic acids is 4. The summed E-state index contributed by atoms with van der Waals surface area (Å²) in [5, 5.41) is 15.9. The van der Waals surface area contributed by atoms with Gasteiger partial charge < -0.3 is 31.1 Å². The maximum atomic E-state index is 13.9. The van der Waals surface area contributed by atoms with Crippen LogP contribution >= 0.6 is 0 Å². The molecule has 200 valence electrons. The minimum atomic E-state index is -1.41. The maximum absolute atomic E-state index is 13.9. The normalized spacial score (nSPS) is 12.8. The number of nitrogens with zero attached hydrogens (tertiary/aromatic N) is 1. The van der Waals surface area contributed by atoms with E-state index < -0.39 is 54.0 Å². The van der Waals surface area contributed by atoms with Crippen molar-refractivity contribution in [1.82, 2.24) is 10.2 Å². The van der Waals surface area contributed by atoms with Crippen molar-refractivity contribution < 1.29 is 29.0 Å². The van der Waals surface area contributed by atoms with Crippen molar-refractivity contribution in [3.05, 3.63) is 59.7 Å². The first-order chi connectivity index (χ1) is 17.2. The number of primary amides is 1. The number of nitrogens with two attached hydrogens (primary N) is 1. The van der Waals surface area contributed by atoms with Crippen molar-refractivity contribution in [3.63, 3.8) is 0 Å². The highest BCUT2D eigenvalue weighted by Gasteiger charge is 2.39. The zero-order valence-electron chi connectivity index (χ0n) is 22.1. The van der Waals surface area contributed by atoms with Gasteiger partial charge in [-0.15, -0.1) is 0 Å². The molecule has 2 rings (SSSR count). The third-order valence-electron chi connectivity index (χ3n) is 5.37. The number of alkyl carbamates (subject to hydrolysis) is 1. The first-order valence-corrected chi connectivity index (χ1v) is 12.0. The number of ether oxygens (including phenoxy) is 1. The van der Waals surface area contributed by atoms with Gasteiger partial charge in [0, 0.05) is 17.3 Å². The second-order valence-electron chi connectivity index (χ2n) is 9.97. The predicted molar refractivity (Wildman–Crippen MR) is 140 cm³/mol. The van der Waals surface area contributed by atoms with Crippen LogP contribution in [0.1, 0.15) is 58.2 Å². The van der Waals surface area contributed by atoms with Crippen LogP contribution in [0.2, 0.25) is 0 Å². The highest BCUT2D eigenvalue weighted by atomic mass is 16.6. The van der Waals surface area contributed by atoms with Crippen molar-refractivity contribution in [1.29, 1.82) is 0 Å². The van der Waals surface area contributed by atoms with Crippen LogP contribution in [-0.2, 0) is 19.1 Å². The summed E-state index contributed by atoms with van der Waals surface area (Å²) in [6.45, 7) is 10.1. The van der Waals surface area contributed by atoms with Gasteiger partial charge in [-0.25, -0.2) is 4.79 Å². The van der Waals surface area contributed by atoms with E-state index in [2.05, 4.69) is 10.6 Å². The van der Waals surface area contributed by atoms with Crippen molar-refractivity contribution in [2.45, 2.75) is 71.7 Å². The fraction of sp³-hybridized carbons (Fsp3) is 0.407. The lowest BCUT2D eigenvalue weighted by Gasteiger charge is -2.37. The molecule has 0 heterocycles. The molecule has 37 heavy (non-hydrogen) atoms. The topological polar surface area (TPSA) is 151 Å². The molecule has 10 nitrogen and oxygen atoms in total. The standard InChI is InChI=1S/C27H36N4O6/c1-16(2)31(25(35)20(15-22(28)33)30-26(36)37-27(4,5)6)23(18-12-8-10-14-21(18)32)24(34)29-19-13-9-7-11-17(19)3/h7-14,16,20,23,32H,15H2,1-6H3,(H2,28,33)(H,29,34)(H,30,36). The van der Waals surface area contributed by atoms with Crippen molar-refractivity contribution in [2.75, 3.05) is 5.32 Å². The van der Waals surface area contributed by atoms with E-state index in [0.717, 1.165) is 5.56 Å². The van der Waals surface area contributed by atoms with E-state index in [1.165, 1.54) is 17.0 Å². The van der Waals surface area contributed by atoms with E-state index in [1.807, 2.05) is 19.1 Å². The van der Waals surface area contributed by atoms with Crippen LogP contribution in [0.5, 0.6) is 5.75 Å². The van der Waals surface area contributed by atoms with Gasteiger partial charge in [0.2, 0.25) is 11.8 Å². The van der Waals surface area contributed by atoms with E-state index in [0.29, 0.717) is 5.69 Å². The minimum Gasteiger partial charge on any atom is -0.508 e. The van der Waals surface area contributed by atoms with E-state index in [-0.39, 0.29) is 11.3 Å². The molecule has 0 radical (unpaired) electrons. The molecule has 0 aliphatic carbocycles. The number of anilines is 1. The van der Waals surface area contributed by atoms with Crippen molar-refractivity contribution in [3.8, 4) is 5.75 Å². The zero-order valence-corrected chi connectivity index (χ0v) is 22.1. The first-order valence-electron chi connectivity index (χ1n) is 12.0. The Kier molecular flexibility index (Phi) is 9.65. The summed E-state index contributed by atoms with van der Waals surface area (Å²) in [6.07, 6.45) is -1.44. The predicted octanol–water partition coefficient (Wildman–Crippen LogP) is 3.39. The molecule has 4 amide bonds.